The average molecular weight is 391 g/mol. The summed E-state index contributed by atoms with van der Waals surface area (Å²) in [6, 6.07) is 26.7. The highest BCUT2D eigenvalue weighted by Crippen LogP contribution is 2.28. The Morgan fingerprint density at radius 1 is 0.767 bits per heavy atom. The standard InChI is InChI=1S/C25H21N5/c1-17-26-16-15-23(27-17)29-25-21-9-5-6-10-22(21)28-24(30-25)20-13-11-19(12-14-20)18-7-3-2-4-8-18/h2-14H,15-16H2,1H3,(H,26,27,28,29,30). The summed E-state index contributed by atoms with van der Waals surface area (Å²) in [7, 11) is 0. The van der Waals surface area contributed by atoms with Crippen LogP contribution in [0.25, 0.3) is 33.4 Å². The van der Waals surface area contributed by atoms with Crippen LogP contribution in [0.1, 0.15) is 13.3 Å². The zero-order valence-electron chi connectivity index (χ0n) is 16.7. The van der Waals surface area contributed by atoms with Crippen molar-refractivity contribution in [2.75, 3.05) is 6.54 Å². The number of para-hydroxylation sites is 1. The van der Waals surface area contributed by atoms with Crippen LogP contribution in [0.5, 0.6) is 0 Å². The van der Waals surface area contributed by atoms with Crippen molar-refractivity contribution in [3.05, 3.63) is 78.9 Å². The van der Waals surface area contributed by atoms with Gasteiger partial charge < -0.3 is 5.32 Å². The maximum atomic E-state index is 4.82. The molecule has 5 heteroatoms. The molecule has 0 aliphatic carbocycles. The SMILES string of the molecule is CC1=NCCC(=Nc2nc(-c3ccc(-c4ccccc4)cc3)nc3ccccc23)N1. The Balaban J connectivity index is 1.57. The van der Waals surface area contributed by atoms with Crippen molar-refractivity contribution in [1.29, 1.82) is 0 Å². The number of benzene rings is 3. The number of amidine groups is 2. The topological polar surface area (TPSA) is 62.5 Å². The summed E-state index contributed by atoms with van der Waals surface area (Å²) in [6.07, 6.45) is 0.775. The van der Waals surface area contributed by atoms with Gasteiger partial charge in [0.15, 0.2) is 11.6 Å². The van der Waals surface area contributed by atoms with Gasteiger partial charge in [0.25, 0.3) is 0 Å². The van der Waals surface area contributed by atoms with Gasteiger partial charge in [0.2, 0.25) is 0 Å². The number of aromatic nitrogens is 2. The highest BCUT2D eigenvalue weighted by atomic mass is 15.1. The quantitative estimate of drug-likeness (QED) is 0.508. The molecule has 4 aromatic rings. The van der Waals surface area contributed by atoms with Gasteiger partial charge >= 0.3 is 0 Å². The third kappa shape index (κ3) is 3.70. The molecule has 5 nitrogen and oxygen atoms in total. The molecule has 5 rings (SSSR count). The fraction of sp³-hybridized carbons (Fsp3) is 0.120. The van der Waals surface area contributed by atoms with Crippen molar-refractivity contribution in [3.63, 3.8) is 0 Å². The molecule has 0 radical (unpaired) electrons. The zero-order valence-corrected chi connectivity index (χ0v) is 16.7. The van der Waals surface area contributed by atoms with Crippen molar-refractivity contribution < 1.29 is 0 Å². The van der Waals surface area contributed by atoms with E-state index in [2.05, 4.69) is 46.7 Å². The fourth-order valence-electron chi connectivity index (χ4n) is 3.57. The molecule has 1 aliphatic rings. The average Bonchev–Trinajstić information content (AvgIpc) is 2.80. The molecule has 0 amide bonds. The Morgan fingerprint density at radius 3 is 2.27 bits per heavy atom. The van der Waals surface area contributed by atoms with E-state index in [1.54, 1.807) is 0 Å². The number of hydrogen-bond acceptors (Lipinski definition) is 4. The summed E-state index contributed by atoms with van der Waals surface area (Å²) in [5.41, 5.74) is 4.21. The van der Waals surface area contributed by atoms with E-state index in [4.69, 9.17) is 15.0 Å². The van der Waals surface area contributed by atoms with Crippen LogP contribution < -0.4 is 5.32 Å². The number of nitrogens with one attached hydrogen (secondary N) is 1. The lowest BCUT2D eigenvalue weighted by molar-refractivity contribution is 0.954. The van der Waals surface area contributed by atoms with Gasteiger partial charge in [-0.3, -0.25) is 4.99 Å². The van der Waals surface area contributed by atoms with Crippen LogP contribution in [0.15, 0.2) is 88.8 Å². The molecule has 146 valence electrons. The normalized spacial score (nSPS) is 15.1. The lowest BCUT2D eigenvalue weighted by Gasteiger charge is -2.14. The molecule has 0 saturated heterocycles. The molecule has 0 saturated carbocycles. The monoisotopic (exact) mass is 391 g/mol. The molecule has 0 atom stereocenters. The second kappa shape index (κ2) is 7.87. The Labute approximate surface area is 175 Å². The summed E-state index contributed by atoms with van der Waals surface area (Å²) in [5.74, 6) is 3.13. The van der Waals surface area contributed by atoms with E-state index in [9.17, 15) is 0 Å². The van der Waals surface area contributed by atoms with Gasteiger partial charge in [-0.2, -0.15) is 0 Å². The van der Waals surface area contributed by atoms with Crippen LogP contribution in [0.3, 0.4) is 0 Å². The first kappa shape index (κ1) is 18.2. The molecule has 0 spiro atoms. The largest absolute Gasteiger partial charge is 0.332 e. The summed E-state index contributed by atoms with van der Waals surface area (Å²) < 4.78 is 0. The van der Waals surface area contributed by atoms with Crippen LogP contribution >= 0.6 is 0 Å². The molecule has 1 aromatic heterocycles. The van der Waals surface area contributed by atoms with Crippen molar-refractivity contribution in [2.45, 2.75) is 13.3 Å². The summed E-state index contributed by atoms with van der Waals surface area (Å²) in [5, 5.41) is 4.20. The van der Waals surface area contributed by atoms with Gasteiger partial charge in [-0.25, -0.2) is 15.0 Å². The fourth-order valence-corrected chi connectivity index (χ4v) is 3.57. The number of fused-ring (bicyclic) bond motifs is 1. The Morgan fingerprint density at radius 2 is 1.47 bits per heavy atom. The number of hydrogen-bond donors (Lipinski definition) is 1. The molecule has 30 heavy (non-hydrogen) atoms. The minimum atomic E-state index is 0.675. The maximum absolute atomic E-state index is 4.82. The molecule has 0 unspecified atom stereocenters. The molecular formula is C25H21N5. The van der Waals surface area contributed by atoms with E-state index in [0.29, 0.717) is 11.6 Å². The Bertz CT molecular complexity index is 1260. The first-order valence-electron chi connectivity index (χ1n) is 10.0. The molecule has 0 bridgehead atoms. The maximum Gasteiger partial charge on any atom is 0.165 e. The van der Waals surface area contributed by atoms with Gasteiger partial charge in [-0.15, -0.1) is 0 Å². The van der Waals surface area contributed by atoms with Gasteiger partial charge in [0.05, 0.1) is 11.4 Å². The van der Waals surface area contributed by atoms with Gasteiger partial charge in [0, 0.05) is 23.9 Å². The Hall–Kier alpha value is -3.86. The molecular weight excluding hydrogens is 370 g/mol. The van der Waals surface area contributed by atoms with E-state index in [-0.39, 0.29) is 0 Å². The molecule has 2 heterocycles. The number of nitrogens with zero attached hydrogens (tertiary/aromatic N) is 4. The van der Waals surface area contributed by atoms with Gasteiger partial charge in [0.1, 0.15) is 5.84 Å². The third-order valence-corrected chi connectivity index (χ3v) is 5.10. The Kier molecular flexibility index (Phi) is 4.77. The molecule has 0 fully saturated rings. The zero-order chi connectivity index (χ0) is 20.3. The second-order valence-electron chi connectivity index (χ2n) is 7.23. The van der Waals surface area contributed by atoms with Crippen LogP contribution in [-0.2, 0) is 0 Å². The van der Waals surface area contributed by atoms with E-state index in [0.717, 1.165) is 41.1 Å². The van der Waals surface area contributed by atoms with E-state index in [1.165, 1.54) is 11.1 Å². The smallest absolute Gasteiger partial charge is 0.165 e. The lowest BCUT2D eigenvalue weighted by Crippen LogP contribution is -2.32. The lowest BCUT2D eigenvalue weighted by atomic mass is 10.0. The van der Waals surface area contributed by atoms with E-state index < -0.39 is 0 Å². The van der Waals surface area contributed by atoms with Crippen LogP contribution in [0.4, 0.5) is 5.82 Å². The minimum Gasteiger partial charge on any atom is -0.332 e. The molecule has 3 aromatic carbocycles. The van der Waals surface area contributed by atoms with Gasteiger partial charge in [-0.1, -0.05) is 66.7 Å². The van der Waals surface area contributed by atoms with Crippen molar-refractivity contribution in [3.8, 4) is 22.5 Å². The third-order valence-electron chi connectivity index (χ3n) is 5.10. The van der Waals surface area contributed by atoms with Crippen molar-refractivity contribution in [2.24, 2.45) is 9.98 Å². The van der Waals surface area contributed by atoms with Crippen molar-refractivity contribution >= 4 is 28.4 Å². The molecule has 1 aliphatic heterocycles. The van der Waals surface area contributed by atoms with Crippen molar-refractivity contribution in [1.82, 2.24) is 15.3 Å². The minimum absolute atomic E-state index is 0.675. The number of aliphatic imine (C=N–C) groups is 2. The van der Waals surface area contributed by atoms with E-state index >= 15 is 0 Å². The highest BCUT2D eigenvalue weighted by molar-refractivity contribution is 6.03. The van der Waals surface area contributed by atoms with Crippen LogP contribution in [0, 0.1) is 0 Å². The highest BCUT2D eigenvalue weighted by Gasteiger charge is 2.12. The summed E-state index contributed by atoms with van der Waals surface area (Å²) in [6.45, 7) is 2.70. The summed E-state index contributed by atoms with van der Waals surface area (Å²) in [4.78, 5) is 18.8. The van der Waals surface area contributed by atoms with Crippen LogP contribution in [-0.4, -0.2) is 28.2 Å². The molecule has 1 N–H and O–H groups in total. The predicted molar refractivity (Wildman–Crippen MR) is 123 cm³/mol. The van der Waals surface area contributed by atoms with Crippen LogP contribution in [0.2, 0.25) is 0 Å². The first-order chi connectivity index (χ1) is 14.8. The van der Waals surface area contributed by atoms with Gasteiger partial charge in [-0.05, 0) is 30.2 Å². The summed E-state index contributed by atoms with van der Waals surface area (Å²) >= 11 is 0. The predicted octanol–water partition coefficient (Wildman–Crippen LogP) is 5.41. The number of rotatable bonds is 3. The second-order valence-corrected chi connectivity index (χ2v) is 7.23. The first-order valence-corrected chi connectivity index (χ1v) is 10.0. The van der Waals surface area contributed by atoms with E-state index in [1.807, 2.05) is 49.4 Å².